The van der Waals surface area contributed by atoms with Crippen LogP contribution in [-0.2, 0) is 17.0 Å². The van der Waals surface area contributed by atoms with Gasteiger partial charge in [-0.3, -0.25) is 4.79 Å². The molecule has 4 rings (SSSR count). The molecule has 0 fully saturated rings. The summed E-state index contributed by atoms with van der Waals surface area (Å²) in [5.74, 6) is 0.515. The van der Waals surface area contributed by atoms with Crippen LogP contribution in [0.25, 0.3) is 10.9 Å². The third-order valence-corrected chi connectivity index (χ3v) is 5.96. The van der Waals surface area contributed by atoms with Gasteiger partial charge in [-0.25, -0.2) is 4.98 Å². The molecule has 0 aliphatic carbocycles. The molecule has 4 nitrogen and oxygen atoms in total. The normalized spacial score (nSPS) is 11.7. The van der Waals surface area contributed by atoms with E-state index < -0.39 is 6.04 Å². The summed E-state index contributed by atoms with van der Waals surface area (Å²) in [7, 11) is 0. The lowest BCUT2D eigenvalue weighted by Crippen LogP contribution is -2.37. The van der Waals surface area contributed by atoms with E-state index in [0.29, 0.717) is 12.0 Å². The molecule has 0 aliphatic rings. The first kappa shape index (κ1) is 20.8. The molecular weight excluding hydrogens is 404 g/mol. The van der Waals surface area contributed by atoms with Crippen LogP contribution < -0.4 is 5.32 Å². The van der Waals surface area contributed by atoms with E-state index in [9.17, 15) is 9.59 Å². The second-order valence-corrected chi connectivity index (χ2v) is 8.23. The molecule has 0 spiro atoms. The van der Waals surface area contributed by atoms with Gasteiger partial charge in [0.1, 0.15) is 6.29 Å². The Balaban J connectivity index is 1.34. The molecule has 0 aliphatic heterocycles. The Bertz CT molecular complexity index is 1180. The fraction of sp³-hybridized carbons (Fsp3) is 0.115. The van der Waals surface area contributed by atoms with Crippen molar-refractivity contribution < 1.29 is 9.59 Å². The quantitative estimate of drug-likeness (QED) is 0.316. The molecule has 1 N–H and O–H groups in total. The zero-order valence-electron chi connectivity index (χ0n) is 16.9. The summed E-state index contributed by atoms with van der Waals surface area (Å²) in [6.07, 6.45) is 1.26. The molecule has 4 aromatic rings. The van der Waals surface area contributed by atoms with E-state index in [0.717, 1.165) is 39.1 Å². The van der Waals surface area contributed by atoms with Crippen molar-refractivity contribution in [3.05, 3.63) is 108 Å². The van der Waals surface area contributed by atoms with Gasteiger partial charge >= 0.3 is 0 Å². The molecule has 1 heterocycles. The van der Waals surface area contributed by atoms with Gasteiger partial charge in [-0.1, -0.05) is 66.7 Å². The van der Waals surface area contributed by atoms with Gasteiger partial charge < -0.3 is 10.1 Å². The number of thioether (sulfide) groups is 1. The molecule has 0 unspecified atom stereocenters. The molecule has 0 saturated heterocycles. The molecule has 31 heavy (non-hydrogen) atoms. The smallest absolute Gasteiger partial charge is 0.251 e. The van der Waals surface area contributed by atoms with Gasteiger partial charge in [0.15, 0.2) is 0 Å². The Kier molecular flexibility index (Phi) is 6.75. The van der Waals surface area contributed by atoms with Crippen LogP contribution >= 0.6 is 11.8 Å². The van der Waals surface area contributed by atoms with Gasteiger partial charge in [0.05, 0.1) is 16.6 Å². The standard InChI is InChI=1S/C26H22N2O2S/c29-17-23(16-19-6-2-1-3-7-19)27-26(30)22-12-10-20(11-13-22)18-31-25-15-14-21-8-4-5-9-24(21)28-25/h1-15,17,23H,16,18H2,(H,27,30)/t23-/m0/s1. The lowest BCUT2D eigenvalue weighted by atomic mass is 10.1. The Morgan fingerprint density at radius 2 is 1.61 bits per heavy atom. The monoisotopic (exact) mass is 426 g/mol. The zero-order valence-corrected chi connectivity index (χ0v) is 17.7. The lowest BCUT2D eigenvalue weighted by molar-refractivity contribution is -0.109. The largest absolute Gasteiger partial charge is 0.342 e. The lowest BCUT2D eigenvalue weighted by Gasteiger charge is -2.13. The van der Waals surface area contributed by atoms with E-state index >= 15 is 0 Å². The van der Waals surface area contributed by atoms with Crippen LogP contribution in [0.5, 0.6) is 0 Å². The summed E-state index contributed by atoms with van der Waals surface area (Å²) < 4.78 is 0. The number of amides is 1. The Morgan fingerprint density at radius 3 is 2.39 bits per heavy atom. The summed E-state index contributed by atoms with van der Waals surface area (Å²) in [6, 6.07) is 28.7. The maximum atomic E-state index is 12.5. The minimum absolute atomic E-state index is 0.247. The van der Waals surface area contributed by atoms with Crippen molar-refractivity contribution in [1.82, 2.24) is 10.3 Å². The number of nitrogens with one attached hydrogen (secondary N) is 1. The number of nitrogens with zero attached hydrogens (tertiary/aromatic N) is 1. The highest BCUT2D eigenvalue weighted by molar-refractivity contribution is 7.98. The zero-order chi connectivity index (χ0) is 21.5. The molecule has 0 saturated carbocycles. The van der Waals surface area contributed by atoms with Crippen molar-refractivity contribution in [1.29, 1.82) is 0 Å². The summed E-state index contributed by atoms with van der Waals surface area (Å²) in [5.41, 5.74) is 3.64. The van der Waals surface area contributed by atoms with Crippen molar-refractivity contribution in [3.63, 3.8) is 0 Å². The molecular formula is C26H22N2O2S. The number of fused-ring (bicyclic) bond motifs is 1. The third kappa shape index (κ3) is 5.58. The predicted molar refractivity (Wildman–Crippen MR) is 125 cm³/mol. The van der Waals surface area contributed by atoms with Crippen LogP contribution in [0, 0.1) is 0 Å². The SMILES string of the molecule is O=C[C@H](Cc1ccccc1)NC(=O)c1ccc(CSc2ccc3ccccc3n2)cc1. The Labute approximate surface area is 185 Å². The van der Waals surface area contributed by atoms with Crippen molar-refractivity contribution >= 4 is 34.9 Å². The van der Waals surface area contributed by atoms with E-state index in [4.69, 9.17) is 0 Å². The highest BCUT2D eigenvalue weighted by atomic mass is 32.2. The molecule has 3 aromatic carbocycles. The van der Waals surface area contributed by atoms with E-state index in [1.165, 1.54) is 0 Å². The van der Waals surface area contributed by atoms with Gasteiger partial charge in [-0.2, -0.15) is 0 Å². The summed E-state index contributed by atoms with van der Waals surface area (Å²) in [6.45, 7) is 0. The van der Waals surface area contributed by atoms with Crippen molar-refractivity contribution in [2.45, 2.75) is 23.2 Å². The average molecular weight is 427 g/mol. The average Bonchev–Trinajstić information content (AvgIpc) is 2.83. The molecule has 5 heteroatoms. The van der Waals surface area contributed by atoms with Crippen LogP contribution in [0.2, 0.25) is 0 Å². The summed E-state index contributed by atoms with van der Waals surface area (Å²) >= 11 is 1.66. The second-order valence-electron chi connectivity index (χ2n) is 7.23. The molecule has 1 amide bonds. The van der Waals surface area contributed by atoms with E-state index in [2.05, 4.69) is 22.4 Å². The maximum absolute atomic E-state index is 12.5. The highest BCUT2D eigenvalue weighted by Crippen LogP contribution is 2.23. The fourth-order valence-corrected chi connectivity index (χ4v) is 4.12. The minimum atomic E-state index is -0.552. The number of benzene rings is 3. The molecule has 0 radical (unpaired) electrons. The first-order valence-electron chi connectivity index (χ1n) is 10.1. The summed E-state index contributed by atoms with van der Waals surface area (Å²) in [5, 5.41) is 4.90. The van der Waals surface area contributed by atoms with Crippen LogP contribution in [0.1, 0.15) is 21.5 Å². The number of aromatic nitrogens is 1. The minimum Gasteiger partial charge on any atom is -0.342 e. The van der Waals surface area contributed by atoms with Crippen molar-refractivity contribution in [2.24, 2.45) is 0 Å². The van der Waals surface area contributed by atoms with Crippen molar-refractivity contribution in [3.8, 4) is 0 Å². The van der Waals surface area contributed by atoms with Crippen LogP contribution in [0.4, 0.5) is 0 Å². The number of rotatable bonds is 8. The third-order valence-electron chi connectivity index (χ3n) is 4.95. The van der Waals surface area contributed by atoms with Crippen molar-refractivity contribution in [2.75, 3.05) is 0 Å². The van der Waals surface area contributed by atoms with E-state index in [-0.39, 0.29) is 5.91 Å². The predicted octanol–water partition coefficient (Wildman–Crippen LogP) is 5.07. The number of hydrogen-bond acceptors (Lipinski definition) is 4. The summed E-state index contributed by atoms with van der Waals surface area (Å²) in [4.78, 5) is 28.6. The van der Waals surface area contributed by atoms with Gasteiger partial charge in [0, 0.05) is 16.7 Å². The highest BCUT2D eigenvalue weighted by Gasteiger charge is 2.13. The van der Waals surface area contributed by atoms with Gasteiger partial charge in [-0.15, -0.1) is 11.8 Å². The molecule has 0 bridgehead atoms. The molecule has 154 valence electrons. The topological polar surface area (TPSA) is 59.1 Å². The number of carbonyl (C=O) groups is 2. The van der Waals surface area contributed by atoms with Crippen LogP contribution in [0.3, 0.4) is 0 Å². The Hall–Kier alpha value is -3.44. The molecule has 1 atom stereocenters. The Morgan fingerprint density at radius 1 is 0.871 bits per heavy atom. The fourth-order valence-electron chi connectivity index (χ4n) is 3.29. The van der Waals surface area contributed by atoms with Gasteiger partial charge in [0.2, 0.25) is 0 Å². The van der Waals surface area contributed by atoms with Gasteiger partial charge in [-0.05, 0) is 41.8 Å². The first-order chi connectivity index (χ1) is 15.2. The van der Waals surface area contributed by atoms with Gasteiger partial charge in [0.25, 0.3) is 5.91 Å². The van der Waals surface area contributed by atoms with E-state index in [1.54, 1.807) is 23.9 Å². The molecule has 1 aromatic heterocycles. The van der Waals surface area contributed by atoms with Crippen LogP contribution in [0.15, 0.2) is 96.0 Å². The van der Waals surface area contributed by atoms with E-state index in [1.807, 2.05) is 66.7 Å². The number of hydrogen-bond donors (Lipinski definition) is 1. The number of para-hydroxylation sites is 1. The van der Waals surface area contributed by atoms with Crippen LogP contribution in [-0.4, -0.2) is 23.2 Å². The number of aldehydes is 1. The number of carbonyl (C=O) groups excluding carboxylic acids is 2. The number of pyridine rings is 1. The maximum Gasteiger partial charge on any atom is 0.251 e. The second kappa shape index (κ2) is 10.0. The first-order valence-corrected chi connectivity index (χ1v) is 11.1.